The van der Waals surface area contributed by atoms with Crippen LogP contribution in [0.15, 0.2) is 12.4 Å². The molecule has 3 heterocycles. The number of piperazine rings is 1. The molecule has 2 aliphatic rings. The number of aryl methyl sites for hydroxylation is 1. The van der Waals surface area contributed by atoms with Gasteiger partial charge in [-0.25, -0.2) is 4.98 Å². The lowest BCUT2D eigenvalue weighted by atomic mass is 10.1. The zero-order valence-corrected chi connectivity index (χ0v) is 10.5. The summed E-state index contributed by atoms with van der Waals surface area (Å²) in [4.78, 5) is 9.48. The summed E-state index contributed by atoms with van der Waals surface area (Å²) in [6, 6.07) is 0.781. The van der Waals surface area contributed by atoms with Gasteiger partial charge in [-0.15, -0.1) is 0 Å². The van der Waals surface area contributed by atoms with E-state index in [9.17, 15) is 0 Å². The molecule has 2 fully saturated rings. The smallest absolute Gasteiger partial charge is 0.205 e. The normalized spacial score (nSPS) is 22.8. The van der Waals surface area contributed by atoms with Crippen molar-refractivity contribution in [2.24, 2.45) is 0 Å². The van der Waals surface area contributed by atoms with Gasteiger partial charge in [0.15, 0.2) is 0 Å². The number of hydrogen-bond acceptors (Lipinski definition) is 4. The Morgan fingerprint density at radius 2 is 2.06 bits per heavy atom. The van der Waals surface area contributed by atoms with Crippen LogP contribution in [-0.2, 0) is 6.54 Å². The molecule has 2 aliphatic heterocycles. The Morgan fingerprint density at radius 1 is 1.29 bits per heavy atom. The second kappa shape index (κ2) is 4.66. The number of nitrogens with zero attached hydrogens (tertiary/aromatic N) is 4. The van der Waals surface area contributed by atoms with Crippen molar-refractivity contribution >= 4 is 5.95 Å². The molecule has 5 nitrogen and oxygen atoms in total. The van der Waals surface area contributed by atoms with Gasteiger partial charge >= 0.3 is 0 Å². The van der Waals surface area contributed by atoms with E-state index in [2.05, 4.69) is 37.8 Å². The summed E-state index contributed by atoms with van der Waals surface area (Å²) in [5.74, 6) is 1.14. The third kappa shape index (κ3) is 2.05. The van der Waals surface area contributed by atoms with Crippen molar-refractivity contribution < 1.29 is 0 Å². The maximum Gasteiger partial charge on any atom is 0.205 e. The Balaban J connectivity index is 1.60. The topological polar surface area (TPSA) is 36.3 Å². The Hall–Kier alpha value is -1.07. The Labute approximate surface area is 102 Å². The largest absolute Gasteiger partial charge is 0.340 e. The van der Waals surface area contributed by atoms with Crippen molar-refractivity contribution in [2.45, 2.75) is 19.5 Å². The highest BCUT2D eigenvalue weighted by molar-refractivity contribution is 5.32. The summed E-state index contributed by atoms with van der Waals surface area (Å²) in [5, 5.41) is 3.34. The van der Waals surface area contributed by atoms with Gasteiger partial charge in [0, 0.05) is 64.2 Å². The van der Waals surface area contributed by atoms with Gasteiger partial charge in [-0.1, -0.05) is 0 Å². The van der Waals surface area contributed by atoms with E-state index in [1.54, 1.807) is 0 Å². The van der Waals surface area contributed by atoms with Crippen LogP contribution in [0.3, 0.4) is 0 Å². The second-order valence-electron chi connectivity index (χ2n) is 4.85. The maximum absolute atomic E-state index is 4.47. The van der Waals surface area contributed by atoms with Gasteiger partial charge in [-0.05, 0) is 6.92 Å². The molecule has 0 atom stereocenters. The molecule has 0 aliphatic carbocycles. The first-order valence-corrected chi connectivity index (χ1v) is 6.59. The molecule has 1 N–H and O–H groups in total. The first-order valence-electron chi connectivity index (χ1n) is 6.59. The lowest BCUT2D eigenvalue weighted by molar-refractivity contribution is 0.137. The molecule has 0 aromatic carbocycles. The van der Waals surface area contributed by atoms with Gasteiger partial charge in [0.1, 0.15) is 0 Å². The molecule has 2 saturated heterocycles. The summed E-state index contributed by atoms with van der Waals surface area (Å²) in [6.45, 7) is 10.1. The van der Waals surface area contributed by atoms with E-state index in [-0.39, 0.29) is 0 Å². The van der Waals surface area contributed by atoms with E-state index in [1.165, 1.54) is 26.2 Å². The van der Waals surface area contributed by atoms with Crippen LogP contribution < -0.4 is 10.2 Å². The monoisotopic (exact) mass is 235 g/mol. The molecule has 1 aromatic heterocycles. The Bertz CT molecular complexity index is 363. The molecule has 0 amide bonds. The van der Waals surface area contributed by atoms with E-state index in [0.717, 1.165) is 31.6 Å². The standard InChI is InChI=1S/C12H21N5/c1-2-15-4-3-14-12(15)17-7-5-16(6-8-17)11-9-13-10-11/h3-4,11,13H,2,5-10H2,1H3. The predicted molar refractivity (Wildman–Crippen MR) is 68.3 cm³/mol. The maximum atomic E-state index is 4.47. The second-order valence-corrected chi connectivity index (χ2v) is 4.85. The van der Waals surface area contributed by atoms with Crippen molar-refractivity contribution in [3.05, 3.63) is 12.4 Å². The zero-order chi connectivity index (χ0) is 11.7. The van der Waals surface area contributed by atoms with Gasteiger partial charge in [-0.2, -0.15) is 0 Å². The molecule has 5 heteroatoms. The van der Waals surface area contributed by atoms with Gasteiger partial charge < -0.3 is 14.8 Å². The van der Waals surface area contributed by atoms with Crippen LogP contribution in [0.1, 0.15) is 6.92 Å². The zero-order valence-electron chi connectivity index (χ0n) is 10.5. The third-order valence-electron chi connectivity index (χ3n) is 3.91. The van der Waals surface area contributed by atoms with E-state index < -0.39 is 0 Å². The van der Waals surface area contributed by atoms with Crippen LogP contribution in [0.4, 0.5) is 5.95 Å². The fourth-order valence-corrected chi connectivity index (χ4v) is 2.65. The van der Waals surface area contributed by atoms with Gasteiger partial charge in [0.2, 0.25) is 5.95 Å². The summed E-state index contributed by atoms with van der Waals surface area (Å²) < 4.78 is 2.22. The van der Waals surface area contributed by atoms with E-state index in [1.807, 2.05) is 6.20 Å². The fourth-order valence-electron chi connectivity index (χ4n) is 2.65. The van der Waals surface area contributed by atoms with Crippen LogP contribution in [0.5, 0.6) is 0 Å². The van der Waals surface area contributed by atoms with Crippen LogP contribution in [0.2, 0.25) is 0 Å². The van der Waals surface area contributed by atoms with Crippen LogP contribution in [0.25, 0.3) is 0 Å². The van der Waals surface area contributed by atoms with Gasteiger partial charge in [0.05, 0.1) is 0 Å². The molecule has 1 aromatic rings. The van der Waals surface area contributed by atoms with E-state index in [4.69, 9.17) is 0 Å². The predicted octanol–water partition coefficient (Wildman–Crippen LogP) is -0.00320. The highest BCUT2D eigenvalue weighted by Gasteiger charge is 2.28. The molecule has 0 saturated carbocycles. The summed E-state index contributed by atoms with van der Waals surface area (Å²) in [7, 11) is 0. The van der Waals surface area contributed by atoms with E-state index >= 15 is 0 Å². The Kier molecular flexibility index (Phi) is 3.03. The highest BCUT2D eigenvalue weighted by atomic mass is 15.4. The molecule has 94 valence electrons. The van der Waals surface area contributed by atoms with Crippen molar-refractivity contribution in [3.63, 3.8) is 0 Å². The number of rotatable bonds is 3. The third-order valence-corrected chi connectivity index (χ3v) is 3.91. The minimum absolute atomic E-state index is 0.781. The molecular formula is C12H21N5. The molecule has 0 unspecified atom stereocenters. The SMILES string of the molecule is CCn1ccnc1N1CCN(C2CNC2)CC1. The highest BCUT2D eigenvalue weighted by Crippen LogP contribution is 2.16. The number of hydrogen-bond donors (Lipinski definition) is 1. The number of imidazole rings is 1. The lowest BCUT2D eigenvalue weighted by Gasteiger charge is -2.43. The molecule has 0 spiro atoms. The summed E-state index contributed by atoms with van der Waals surface area (Å²) >= 11 is 0. The minimum atomic E-state index is 0.781. The average molecular weight is 235 g/mol. The summed E-state index contributed by atoms with van der Waals surface area (Å²) in [6.07, 6.45) is 3.97. The quantitative estimate of drug-likeness (QED) is 0.800. The van der Waals surface area contributed by atoms with Crippen molar-refractivity contribution in [1.29, 1.82) is 0 Å². The molecular weight excluding hydrogens is 214 g/mol. The first kappa shape index (κ1) is 11.0. The minimum Gasteiger partial charge on any atom is -0.340 e. The summed E-state index contributed by atoms with van der Waals surface area (Å²) in [5.41, 5.74) is 0. The molecule has 0 radical (unpaired) electrons. The average Bonchev–Trinajstić information content (AvgIpc) is 2.76. The van der Waals surface area contributed by atoms with Gasteiger partial charge in [-0.3, -0.25) is 4.90 Å². The number of aromatic nitrogens is 2. The lowest BCUT2D eigenvalue weighted by Crippen LogP contribution is -2.61. The molecule has 3 rings (SSSR count). The fraction of sp³-hybridized carbons (Fsp3) is 0.750. The molecule has 0 bridgehead atoms. The Morgan fingerprint density at radius 3 is 2.65 bits per heavy atom. The van der Waals surface area contributed by atoms with Crippen LogP contribution in [0, 0.1) is 0 Å². The van der Waals surface area contributed by atoms with E-state index in [0.29, 0.717) is 0 Å². The molecule has 17 heavy (non-hydrogen) atoms. The van der Waals surface area contributed by atoms with Crippen molar-refractivity contribution in [3.8, 4) is 0 Å². The number of anilines is 1. The van der Waals surface area contributed by atoms with Crippen LogP contribution >= 0.6 is 0 Å². The van der Waals surface area contributed by atoms with Crippen molar-refractivity contribution in [1.82, 2.24) is 19.8 Å². The van der Waals surface area contributed by atoms with Gasteiger partial charge in [0.25, 0.3) is 0 Å². The number of nitrogens with one attached hydrogen (secondary N) is 1. The van der Waals surface area contributed by atoms with Crippen molar-refractivity contribution in [2.75, 3.05) is 44.2 Å². The first-order chi connectivity index (χ1) is 8.38. The van der Waals surface area contributed by atoms with Crippen LogP contribution in [-0.4, -0.2) is 59.8 Å².